The first-order valence-electron chi connectivity index (χ1n) is 9.72. The molecule has 2 aliphatic carbocycles. The normalized spacial score (nSPS) is 23.8. The summed E-state index contributed by atoms with van der Waals surface area (Å²) in [7, 11) is 16.3. The average Bonchev–Trinajstić information content (AvgIpc) is 3.28. The van der Waals surface area contributed by atoms with Crippen LogP contribution in [0.3, 0.4) is 0 Å². The minimum atomic E-state index is -4.76. The summed E-state index contributed by atoms with van der Waals surface area (Å²) < 4.78 is 1.33. The molecule has 0 aromatic heterocycles. The van der Waals surface area contributed by atoms with Crippen molar-refractivity contribution in [3.63, 3.8) is 0 Å². The van der Waals surface area contributed by atoms with E-state index in [0.29, 0.717) is 0 Å². The van der Waals surface area contributed by atoms with Gasteiger partial charge in [-0.2, -0.15) is 0 Å². The van der Waals surface area contributed by atoms with Crippen molar-refractivity contribution in [1.82, 2.24) is 0 Å². The van der Waals surface area contributed by atoms with Gasteiger partial charge in [0, 0.05) is 0 Å². The van der Waals surface area contributed by atoms with E-state index < -0.39 is 20.7 Å². The van der Waals surface area contributed by atoms with Crippen molar-refractivity contribution in [2.45, 2.75) is 31.3 Å². The molecule has 0 N–H and O–H groups in total. The van der Waals surface area contributed by atoms with Crippen LogP contribution >= 0.6 is 17.0 Å². The molecular weight excluding hydrogens is 454 g/mol. The zero-order valence-corrected chi connectivity index (χ0v) is 20.8. The zero-order chi connectivity index (χ0) is 18.5. The first kappa shape index (κ1) is 18.9. The van der Waals surface area contributed by atoms with Crippen LogP contribution in [0.15, 0.2) is 60.7 Å². The fraction of sp³-hybridized carbons (Fsp3) is 0.273. The average molecular weight is 481 g/mol. The monoisotopic (exact) mass is 478 g/mol. The molecule has 26 heavy (non-hydrogen) atoms. The second kappa shape index (κ2) is 6.05. The van der Waals surface area contributed by atoms with Gasteiger partial charge in [0.15, 0.2) is 0 Å². The van der Waals surface area contributed by atoms with Crippen molar-refractivity contribution in [3.05, 3.63) is 82.9 Å². The molecule has 0 radical (unpaired) electrons. The molecule has 2 aromatic carbocycles. The molecule has 2 atom stereocenters. The molecule has 0 fully saturated rings. The molecule has 0 amide bonds. The van der Waals surface area contributed by atoms with Crippen molar-refractivity contribution in [1.29, 1.82) is 0 Å². The van der Waals surface area contributed by atoms with Crippen LogP contribution in [-0.2, 0) is 14.1 Å². The molecule has 2 unspecified atom stereocenters. The van der Waals surface area contributed by atoms with Gasteiger partial charge in [0.25, 0.3) is 0 Å². The van der Waals surface area contributed by atoms with Gasteiger partial charge in [-0.15, -0.1) is 0 Å². The molecule has 0 heterocycles. The van der Waals surface area contributed by atoms with E-state index in [1.54, 1.807) is 0 Å². The predicted octanol–water partition coefficient (Wildman–Crippen LogP) is 7.02. The minimum absolute atomic E-state index is 0.202. The van der Waals surface area contributed by atoms with E-state index in [9.17, 15) is 0 Å². The Kier molecular flexibility index (Phi) is 4.41. The Hall–Kier alpha value is -0.400. The van der Waals surface area contributed by atoms with Crippen LogP contribution in [-0.4, -0.2) is 6.65 Å². The van der Waals surface area contributed by atoms with Crippen molar-refractivity contribution < 1.29 is 14.1 Å². The topological polar surface area (TPSA) is 0 Å². The molecular formula is C22H26Cl2SiZr. The molecule has 0 saturated carbocycles. The molecule has 0 nitrogen and oxygen atoms in total. The Labute approximate surface area is 163 Å². The van der Waals surface area contributed by atoms with E-state index >= 15 is 0 Å². The number of fused-ring (bicyclic) bond motifs is 2. The van der Waals surface area contributed by atoms with Crippen molar-refractivity contribution in [3.8, 4) is 0 Å². The van der Waals surface area contributed by atoms with Gasteiger partial charge >= 0.3 is 164 Å². The Bertz CT molecular complexity index is 879. The van der Waals surface area contributed by atoms with Gasteiger partial charge < -0.3 is 0 Å². The molecule has 136 valence electrons. The van der Waals surface area contributed by atoms with Crippen molar-refractivity contribution >= 4 is 35.8 Å². The van der Waals surface area contributed by atoms with Crippen LogP contribution < -0.4 is 0 Å². The first-order chi connectivity index (χ1) is 12.4. The maximum absolute atomic E-state index is 8.13. The third kappa shape index (κ3) is 2.42. The van der Waals surface area contributed by atoms with Gasteiger partial charge in [0.1, 0.15) is 0 Å². The van der Waals surface area contributed by atoms with Gasteiger partial charge in [-0.3, -0.25) is 0 Å². The molecule has 0 saturated heterocycles. The van der Waals surface area contributed by atoms with Crippen LogP contribution in [0.4, 0.5) is 0 Å². The number of halogens is 2. The molecule has 2 aliphatic rings. The van der Waals surface area contributed by atoms with E-state index in [2.05, 4.69) is 86.7 Å². The Morgan fingerprint density at radius 2 is 1.27 bits per heavy atom. The SMILES string of the molecule is CC[SiH2][Zr]([Cl])([Cl])([CH2]C)([CH]1C=Cc2ccccc21)[CH]1C=Cc2ccccc21. The number of hydrogen-bond acceptors (Lipinski definition) is 0. The molecule has 4 heteroatoms. The van der Waals surface area contributed by atoms with Crippen molar-refractivity contribution in [2.24, 2.45) is 0 Å². The number of allylic oxidation sites excluding steroid dienone is 2. The Morgan fingerprint density at radius 1 is 0.808 bits per heavy atom. The van der Waals surface area contributed by atoms with Crippen LogP contribution in [0, 0.1) is 0 Å². The number of benzene rings is 2. The summed E-state index contributed by atoms with van der Waals surface area (Å²) in [6.45, 7) is 3.88. The van der Waals surface area contributed by atoms with Crippen molar-refractivity contribution in [2.75, 3.05) is 0 Å². The van der Waals surface area contributed by atoms with Crippen LogP contribution in [0.5, 0.6) is 0 Å². The van der Waals surface area contributed by atoms with E-state index in [1.165, 1.54) is 22.3 Å². The Balaban J connectivity index is 2.01. The second-order valence-electron chi connectivity index (χ2n) is 8.31. The Morgan fingerprint density at radius 3 is 1.69 bits per heavy atom. The number of rotatable bonds is 5. The standard InChI is InChI=1S/2C9H7.C2H7Si.C2H5.2ClH.Zr/c2*1-2-5-9-7-3-6-8(9)4-1;1-2-3;1-2;;;/h2*1-7H;2-3H2,1H3;1H2,2H3;2*1H;/q;;;;;;+2/p-2. The van der Waals surface area contributed by atoms with E-state index in [4.69, 9.17) is 17.0 Å². The quantitative estimate of drug-likeness (QED) is 0.404. The summed E-state index contributed by atoms with van der Waals surface area (Å²) in [5.74, 6) is 0. The first-order valence-corrected chi connectivity index (χ1v) is 27.5. The maximum atomic E-state index is 8.13. The fourth-order valence-electron chi connectivity index (χ4n) is 5.66. The summed E-state index contributed by atoms with van der Waals surface area (Å²) in [6.07, 6.45) is 9.20. The van der Waals surface area contributed by atoms with Crippen LogP contribution in [0.2, 0.25) is 10.2 Å². The van der Waals surface area contributed by atoms with Gasteiger partial charge in [-0.1, -0.05) is 0 Å². The van der Waals surface area contributed by atoms with E-state index in [-0.39, 0.29) is 7.25 Å². The molecule has 2 aromatic rings. The summed E-state index contributed by atoms with van der Waals surface area (Å²) in [5, 5.41) is 0. The number of hydrogen-bond donors (Lipinski definition) is 0. The predicted molar refractivity (Wildman–Crippen MR) is 118 cm³/mol. The summed E-state index contributed by atoms with van der Waals surface area (Å²) in [5.41, 5.74) is 5.31. The summed E-state index contributed by atoms with van der Waals surface area (Å²) in [6, 6.07) is 18.5. The van der Waals surface area contributed by atoms with E-state index in [1.807, 2.05) is 0 Å². The van der Waals surface area contributed by atoms with Crippen LogP contribution in [0.25, 0.3) is 12.2 Å². The fourth-order valence-corrected chi connectivity index (χ4v) is 51.9. The van der Waals surface area contributed by atoms with Gasteiger partial charge in [0.2, 0.25) is 0 Å². The van der Waals surface area contributed by atoms with E-state index in [0.717, 1.165) is 10.2 Å². The summed E-state index contributed by atoms with van der Waals surface area (Å²) in [4.78, 5) is 0. The molecule has 4 rings (SSSR count). The molecule has 0 aliphatic heterocycles. The third-order valence-electron chi connectivity index (χ3n) is 7.14. The summed E-state index contributed by atoms with van der Waals surface area (Å²) >= 11 is -4.76. The van der Waals surface area contributed by atoms with Crippen LogP contribution in [0.1, 0.15) is 43.4 Å². The molecule has 0 spiro atoms. The van der Waals surface area contributed by atoms with Gasteiger partial charge in [-0.05, 0) is 0 Å². The molecule has 0 bridgehead atoms. The second-order valence-corrected chi connectivity index (χ2v) is 61.6. The van der Waals surface area contributed by atoms with Gasteiger partial charge in [0.05, 0.1) is 0 Å². The van der Waals surface area contributed by atoms with Gasteiger partial charge in [-0.25, -0.2) is 0 Å². The third-order valence-corrected chi connectivity index (χ3v) is 61.3. The zero-order valence-electron chi connectivity index (χ0n) is 15.5.